The summed E-state index contributed by atoms with van der Waals surface area (Å²) in [7, 11) is 3.99. The summed E-state index contributed by atoms with van der Waals surface area (Å²) < 4.78 is 0. The predicted octanol–water partition coefficient (Wildman–Crippen LogP) is 0.117. The van der Waals surface area contributed by atoms with E-state index >= 15 is 0 Å². The van der Waals surface area contributed by atoms with Crippen molar-refractivity contribution in [1.82, 2.24) is 10.3 Å². The minimum absolute atomic E-state index is 0. The normalized spacial score (nSPS) is 8.50. The molecule has 0 aromatic heterocycles. The van der Waals surface area contributed by atoms with Crippen LogP contribution in [0.4, 0.5) is 4.79 Å². The van der Waals surface area contributed by atoms with Crippen molar-refractivity contribution in [1.29, 1.82) is 0 Å². The van der Waals surface area contributed by atoms with Crippen LogP contribution in [0.3, 0.4) is 0 Å². The number of rotatable bonds is 5. The average molecular weight is 222 g/mol. The molecule has 0 rings (SSSR count). The summed E-state index contributed by atoms with van der Waals surface area (Å²) in [5, 5.41) is 3.33. The van der Waals surface area contributed by atoms with Crippen LogP contribution in [0.25, 0.3) is 0 Å². The summed E-state index contributed by atoms with van der Waals surface area (Å²) in [6.07, 6.45) is 0.937. The van der Waals surface area contributed by atoms with Crippen LogP contribution in [-0.4, -0.2) is 44.1 Å². The molecule has 0 aliphatic carbocycles. The summed E-state index contributed by atoms with van der Waals surface area (Å²) in [5.74, 6) is 0. The number of nitrogens with one attached hydrogen (secondary N) is 1. The van der Waals surface area contributed by atoms with Gasteiger partial charge in [-0.25, -0.2) is 15.2 Å². The maximum Gasteiger partial charge on any atom is 0.333 e. The van der Waals surface area contributed by atoms with Crippen LogP contribution in [0.15, 0.2) is 10.1 Å². The van der Waals surface area contributed by atoms with Crippen LogP contribution in [0.5, 0.6) is 0 Å². The Balaban J connectivity index is 0. The fourth-order valence-corrected chi connectivity index (χ4v) is 0.631. The van der Waals surface area contributed by atoms with Gasteiger partial charge in [0, 0.05) is 0 Å². The second-order valence-electron chi connectivity index (χ2n) is 2.73. The molecule has 0 unspecified atom stereocenters. The Morgan fingerprint density at radius 1 is 1.57 bits per heavy atom. The number of hydrazone groups is 1. The molecule has 0 atom stereocenters. The van der Waals surface area contributed by atoms with Gasteiger partial charge in [0.25, 0.3) is 0 Å². The van der Waals surface area contributed by atoms with Gasteiger partial charge in [0.05, 0.1) is 6.54 Å². The molecule has 7 heteroatoms. The van der Waals surface area contributed by atoms with Gasteiger partial charge in [-0.2, -0.15) is 0 Å². The molecule has 0 aliphatic rings. The Morgan fingerprint density at radius 2 is 2.21 bits per heavy atom. The van der Waals surface area contributed by atoms with Gasteiger partial charge in [0.2, 0.25) is 0 Å². The molecule has 0 aromatic carbocycles. The minimum Gasteiger partial charge on any atom is -0.350 e. The molecule has 0 saturated carbocycles. The van der Waals surface area contributed by atoms with Gasteiger partial charge in [0.15, 0.2) is 0 Å². The maximum atomic E-state index is 10.1. The van der Waals surface area contributed by atoms with E-state index in [4.69, 9.17) is 5.73 Å². The summed E-state index contributed by atoms with van der Waals surface area (Å²) in [5.41, 5.74) is 6.73. The minimum atomic E-state index is -0.712. The van der Waals surface area contributed by atoms with Gasteiger partial charge in [-0.1, -0.05) is 0 Å². The smallest absolute Gasteiger partial charge is 0.333 e. The monoisotopic (exact) mass is 221 g/mol. The van der Waals surface area contributed by atoms with Crippen molar-refractivity contribution in [2.24, 2.45) is 15.8 Å². The number of halogens is 1. The first-order chi connectivity index (χ1) is 6.13. The number of carbonyl (C=O) groups excluding carboxylic acids is 1. The Bertz CT molecular complexity index is 212. The molecule has 0 aromatic rings. The van der Waals surface area contributed by atoms with Crippen molar-refractivity contribution in [3.63, 3.8) is 0 Å². The van der Waals surface area contributed by atoms with Crippen LogP contribution in [0.1, 0.15) is 6.42 Å². The van der Waals surface area contributed by atoms with Crippen molar-refractivity contribution < 1.29 is 4.79 Å². The van der Waals surface area contributed by atoms with Crippen LogP contribution in [-0.2, 0) is 0 Å². The third-order valence-corrected chi connectivity index (χ3v) is 1.16. The summed E-state index contributed by atoms with van der Waals surface area (Å²) in [6, 6.07) is 1.60. The number of urea groups is 1. The standard InChI is InChI=1S/C7H15N5O.ClH/c1-12(2)5-3-4-9-6-10-11-7(8)13;/h3-5H2,1-2H3,(H3,8,11,13);1H. The molecule has 14 heavy (non-hydrogen) atoms. The first-order valence-electron chi connectivity index (χ1n) is 3.94. The van der Waals surface area contributed by atoms with E-state index in [9.17, 15) is 4.79 Å². The van der Waals surface area contributed by atoms with E-state index in [1.54, 1.807) is 0 Å². The fourth-order valence-electron chi connectivity index (χ4n) is 0.631. The fraction of sp³-hybridized carbons (Fsp3) is 0.714. The molecule has 0 fully saturated rings. The molecular formula is C7H16ClN5O. The van der Waals surface area contributed by atoms with Gasteiger partial charge in [-0.05, 0) is 27.1 Å². The quantitative estimate of drug-likeness (QED) is 0.393. The summed E-state index contributed by atoms with van der Waals surface area (Å²) >= 11 is 0. The third-order valence-electron chi connectivity index (χ3n) is 1.16. The number of primary amides is 1. The Hall–Kier alpha value is -1.10. The van der Waals surface area contributed by atoms with Crippen LogP contribution >= 0.6 is 12.4 Å². The second-order valence-corrected chi connectivity index (χ2v) is 2.73. The van der Waals surface area contributed by atoms with E-state index in [1.165, 1.54) is 0 Å². The molecule has 0 bridgehead atoms. The zero-order valence-corrected chi connectivity index (χ0v) is 9.17. The van der Waals surface area contributed by atoms with Gasteiger partial charge < -0.3 is 10.6 Å². The van der Waals surface area contributed by atoms with Crippen LogP contribution in [0, 0.1) is 0 Å². The number of hydrogen-bond acceptors (Lipinski definition) is 4. The van der Waals surface area contributed by atoms with Crippen LogP contribution < -0.4 is 11.2 Å². The van der Waals surface area contributed by atoms with Crippen molar-refractivity contribution >= 4 is 24.4 Å². The van der Waals surface area contributed by atoms with Gasteiger partial charge in [-0.3, -0.25) is 0 Å². The molecule has 0 spiro atoms. The zero-order valence-electron chi connectivity index (χ0n) is 8.36. The number of carbonyl (C=O) groups is 1. The molecule has 0 saturated heterocycles. The van der Waals surface area contributed by atoms with E-state index < -0.39 is 6.03 Å². The van der Waals surface area contributed by atoms with E-state index in [0.29, 0.717) is 6.54 Å². The second kappa shape index (κ2) is 9.98. The van der Waals surface area contributed by atoms with E-state index in [0.717, 1.165) is 13.0 Å². The lowest BCUT2D eigenvalue weighted by Crippen LogP contribution is -2.23. The Kier molecular flexibility index (Phi) is 11.0. The highest BCUT2D eigenvalue weighted by molar-refractivity contribution is 5.85. The topological polar surface area (TPSA) is 83.1 Å². The van der Waals surface area contributed by atoms with Crippen molar-refractivity contribution in [3.05, 3.63) is 0 Å². The molecule has 0 heterocycles. The number of amides is 2. The largest absolute Gasteiger partial charge is 0.350 e. The molecule has 0 aliphatic heterocycles. The number of nitrogens with zero attached hydrogens (tertiary/aromatic N) is 3. The van der Waals surface area contributed by atoms with E-state index in [2.05, 4.69) is 21.0 Å². The Labute approximate surface area is 89.7 Å². The van der Waals surface area contributed by atoms with Crippen molar-refractivity contribution in [3.8, 4) is 0 Å². The lowest BCUT2D eigenvalue weighted by molar-refractivity contribution is 0.249. The molecule has 3 N–H and O–H groups in total. The molecular weight excluding hydrogens is 206 g/mol. The highest BCUT2D eigenvalue weighted by atomic mass is 35.5. The van der Waals surface area contributed by atoms with Crippen LogP contribution in [0.2, 0.25) is 0 Å². The first-order valence-corrected chi connectivity index (χ1v) is 3.94. The van der Waals surface area contributed by atoms with Crippen molar-refractivity contribution in [2.45, 2.75) is 6.42 Å². The summed E-state index contributed by atoms with van der Waals surface area (Å²) in [4.78, 5) is 16.0. The summed E-state index contributed by atoms with van der Waals surface area (Å²) in [6.45, 7) is 1.61. The van der Waals surface area contributed by atoms with Gasteiger partial charge >= 0.3 is 6.03 Å². The number of hydrogen-bond donors (Lipinski definition) is 2. The van der Waals surface area contributed by atoms with Gasteiger partial charge in [0.1, 0.15) is 6.01 Å². The third kappa shape index (κ3) is 13.5. The molecule has 0 radical (unpaired) electrons. The predicted molar refractivity (Wildman–Crippen MR) is 57.9 cm³/mol. The molecule has 82 valence electrons. The molecule has 2 amide bonds. The molecule has 6 nitrogen and oxygen atoms in total. The highest BCUT2D eigenvalue weighted by Crippen LogP contribution is 1.82. The number of aliphatic imine (C=N–C) groups is 1. The highest BCUT2D eigenvalue weighted by Gasteiger charge is 1.87. The lowest BCUT2D eigenvalue weighted by Gasteiger charge is -2.05. The Morgan fingerprint density at radius 3 is 2.71 bits per heavy atom. The lowest BCUT2D eigenvalue weighted by atomic mass is 10.4. The maximum absolute atomic E-state index is 10.1. The van der Waals surface area contributed by atoms with E-state index in [1.807, 2.05) is 19.5 Å². The van der Waals surface area contributed by atoms with Gasteiger partial charge in [-0.15, -0.1) is 17.5 Å². The average Bonchev–Trinajstić information content (AvgIpc) is 2.01. The number of nitrogens with two attached hydrogens (primary N) is 1. The zero-order chi connectivity index (χ0) is 10.1. The van der Waals surface area contributed by atoms with E-state index in [-0.39, 0.29) is 12.4 Å². The van der Waals surface area contributed by atoms with Crippen molar-refractivity contribution in [2.75, 3.05) is 27.2 Å². The first kappa shape index (κ1) is 15.4. The SMILES string of the molecule is CN(C)CCCN=C=NNC(N)=O.Cl.